The molecular formula is C12H15ClFN3O2. The Labute approximate surface area is 115 Å². The van der Waals surface area contributed by atoms with Gasteiger partial charge in [0.25, 0.3) is 5.69 Å². The first-order chi connectivity index (χ1) is 8.99. The maximum Gasteiger partial charge on any atom is 0.295 e. The summed E-state index contributed by atoms with van der Waals surface area (Å²) in [5.41, 5.74) is 5.88. The third-order valence-electron chi connectivity index (χ3n) is 3.40. The summed E-state index contributed by atoms with van der Waals surface area (Å²) in [6.07, 6.45) is 3.80. The van der Waals surface area contributed by atoms with Crippen LogP contribution in [-0.2, 0) is 0 Å². The molecule has 0 spiro atoms. The number of rotatable bonds is 3. The van der Waals surface area contributed by atoms with E-state index in [9.17, 15) is 14.5 Å². The van der Waals surface area contributed by atoms with Crippen molar-refractivity contribution in [3.8, 4) is 0 Å². The third-order valence-corrected chi connectivity index (χ3v) is 3.69. The van der Waals surface area contributed by atoms with Gasteiger partial charge in [-0.3, -0.25) is 10.1 Å². The first-order valence-electron chi connectivity index (χ1n) is 6.14. The summed E-state index contributed by atoms with van der Waals surface area (Å²) in [5.74, 6) is -0.799. The number of benzene rings is 1. The highest BCUT2D eigenvalue weighted by atomic mass is 35.5. The molecule has 1 aliphatic carbocycles. The Balaban J connectivity index is 2.27. The predicted molar refractivity (Wildman–Crippen MR) is 71.9 cm³/mol. The van der Waals surface area contributed by atoms with Crippen LogP contribution in [0, 0.1) is 15.9 Å². The Morgan fingerprint density at radius 1 is 1.42 bits per heavy atom. The fourth-order valence-corrected chi connectivity index (χ4v) is 2.51. The molecule has 5 nitrogen and oxygen atoms in total. The zero-order valence-electron chi connectivity index (χ0n) is 10.2. The van der Waals surface area contributed by atoms with Crippen LogP contribution in [0.5, 0.6) is 0 Å². The summed E-state index contributed by atoms with van der Waals surface area (Å²) in [6.45, 7) is 0. The normalized spacial score (nSPS) is 23.1. The molecule has 0 aliphatic heterocycles. The summed E-state index contributed by atoms with van der Waals surface area (Å²) in [6, 6.07) is 1.97. The lowest BCUT2D eigenvalue weighted by Gasteiger charge is -2.30. The average Bonchev–Trinajstić information content (AvgIpc) is 2.36. The third kappa shape index (κ3) is 3.13. The molecule has 7 heteroatoms. The SMILES string of the molecule is N[C@@H]1CCCC[C@H]1Nc1cc(Cl)c(F)cc1[N+](=O)[O-]. The summed E-state index contributed by atoms with van der Waals surface area (Å²) in [5, 5.41) is 13.8. The standard InChI is InChI=1S/C12H15ClFN3O2/c13-7-5-11(12(17(18)19)6-8(7)14)16-10-4-2-1-3-9(10)15/h5-6,9-10,16H,1-4,15H2/t9-,10-/m1/s1. The number of nitrogens with zero attached hydrogens (tertiary/aromatic N) is 1. The molecule has 3 N–H and O–H groups in total. The summed E-state index contributed by atoms with van der Waals surface area (Å²) >= 11 is 5.68. The van der Waals surface area contributed by atoms with Crippen molar-refractivity contribution < 1.29 is 9.31 Å². The van der Waals surface area contributed by atoms with Crippen LogP contribution in [0.15, 0.2) is 12.1 Å². The van der Waals surface area contributed by atoms with Gasteiger partial charge in [-0.05, 0) is 18.9 Å². The first-order valence-corrected chi connectivity index (χ1v) is 6.52. The number of nitro groups is 1. The van der Waals surface area contributed by atoms with E-state index in [1.165, 1.54) is 6.07 Å². The molecule has 0 heterocycles. The summed E-state index contributed by atoms with van der Waals surface area (Å²) < 4.78 is 13.3. The number of nitro benzene ring substituents is 1. The first kappa shape index (κ1) is 14.0. The van der Waals surface area contributed by atoms with Crippen molar-refractivity contribution in [3.63, 3.8) is 0 Å². The van der Waals surface area contributed by atoms with Crippen LogP contribution in [0.1, 0.15) is 25.7 Å². The lowest BCUT2D eigenvalue weighted by atomic mass is 9.91. The number of hydrogen-bond donors (Lipinski definition) is 2. The molecule has 1 fully saturated rings. The molecule has 2 atom stereocenters. The lowest BCUT2D eigenvalue weighted by Crippen LogP contribution is -2.42. The number of halogens is 2. The van der Waals surface area contributed by atoms with Crippen molar-refractivity contribution in [3.05, 3.63) is 33.1 Å². The van der Waals surface area contributed by atoms with Gasteiger partial charge in [-0.2, -0.15) is 0 Å². The second-order valence-corrected chi connectivity index (χ2v) is 5.15. The van der Waals surface area contributed by atoms with E-state index in [0.29, 0.717) is 0 Å². The Kier molecular flexibility index (Phi) is 4.21. The fourth-order valence-electron chi connectivity index (χ4n) is 2.34. The minimum absolute atomic E-state index is 0.0472. The number of anilines is 1. The Morgan fingerprint density at radius 3 is 2.74 bits per heavy atom. The van der Waals surface area contributed by atoms with Crippen molar-refractivity contribution in [2.75, 3.05) is 5.32 Å². The molecule has 0 aromatic heterocycles. The van der Waals surface area contributed by atoms with Gasteiger partial charge in [-0.1, -0.05) is 24.4 Å². The van der Waals surface area contributed by atoms with Crippen LogP contribution in [-0.4, -0.2) is 17.0 Å². The molecule has 0 saturated heterocycles. The van der Waals surface area contributed by atoms with E-state index in [2.05, 4.69) is 5.32 Å². The molecule has 1 saturated carbocycles. The summed E-state index contributed by atoms with van der Waals surface area (Å²) in [4.78, 5) is 10.3. The van der Waals surface area contributed by atoms with Gasteiger partial charge in [0.05, 0.1) is 16.0 Å². The highest BCUT2D eigenvalue weighted by Crippen LogP contribution is 2.32. The minimum Gasteiger partial charge on any atom is -0.375 e. The van der Waals surface area contributed by atoms with Crippen molar-refractivity contribution in [2.24, 2.45) is 5.73 Å². The molecule has 0 bridgehead atoms. The molecule has 1 aromatic carbocycles. The van der Waals surface area contributed by atoms with Gasteiger partial charge in [0, 0.05) is 12.1 Å². The van der Waals surface area contributed by atoms with E-state index in [4.69, 9.17) is 17.3 Å². The van der Waals surface area contributed by atoms with Crippen LogP contribution < -0.4 is 11.1 Å². The van der Waals surface area contributed by atoms with E-state index < -0.39 is 10.7 Å². The highest BCUT2D eigenvalue weighted by Gasteiger charge is 2.25. The van der Waals surface area contributed by atoms with E-state index in [1.807, 2.05) is 0 Å². The van der Waals surface area contributed by atoms with Crippen LogP contribution >= 0.6 is 11.6 Å². The molecule has 0 unspecified atom stereocenters. The minimum atomic E-state index is -0.799. The van der Waals surface area contributed by atoms with E-state index in [0.717, 1.165) is 31.7 Å². The summed E-state index contributed by atoms with van der Waals surface area (Å²) in [7, 11) is 0. The second kappa shape index (κ2) is 5.71. The van der Waals surface area contributed by atoms with Crippen molar-refractivity contribution in [1.82, 2.24) is 0 Å². The van der Waals surface area contributed by atoms with Crippen molar-refractivity contribution >= 4 is 23.0 Å². The maximum atomic E-state index is 13.3. The molecule has 19 heavy (non-hydrogen) atoms. The van der Waals surface area contributed by atoms with Crippen molar-refractivity contribution in [2.45, 2.75) is 37.8 Å². The number of nitrogens with one attached hydrogen (secondary N) is 1. The topological polar surface area (TPSA) is 81.2 Å². The molecule has 1 aliphatic rings. The lowest BCUT2D eigenvalue weighted by molar-refractivity contribution is -0.384. The van der Waals surface area contributed by atoms with Crippen molar-refractivity contribution in [1.29, 1.82) is 0 Å². The van der Waals surface area contributed by atoms with Gasteiger partial charge in [-0.15, -0.1) is 0 Å². The molecule has 2 rings (SSSR count). The van der Waals surface area contributed by atoms with E-state index in [-0.39, 0.29) is 28.5 Å². The molecule has 0 amide bonds. The molecule has 1 aromatic rings. The predicted octanol–water partition coefficient (Wildman–Crippen LogP) is 3.07. The zero-order chi connectivity index (χ0) is 14.0. The van der Waals surface area contributed by atoms with Crippen LogP contribution in [0.4, 0.5) is 15.8 Å². The van der Waals surface area contributed by atoms with E-state index >= 15 is 0 Å². The fraction of sp³-hybridized carbons (Fsp3) is 0.500. The van der Waals surface area contributed by atoms with Gasteiger partial charge in [0.15, 0.2) is 0 Å². The highest BCUT2D eigenvalue weighted by molar-refractivity contribution is 6.31. The maximum absolute atomic E-state index is 13.3. The van der Waals surface area contributed by atoms with Crippen LogP contribution in [0.2, 0.25) is 5.02 Å². The molecular weight excluding hydrogens is 273 g/mol. The van der Waals surface area contributed by atoms with Gasteiger partial charge in [-0.25, -0.2) is 4.39 Å². The Bertz CT molecular complexity index is 498. The van der Waals surface area contributed by atoms with Crippen LogP contribution in [0.3, 0.4) is 0 Å². The number of nitrogens with two attached hydrogens (primary N) is 1. The van der Waals surface area contributed by atoms with Gasteiger partial charge in [0.1, 0.15) is 11.5 Å². The Morgan fingerprint density at radius 2 is 2.11 bits per heavy atom. The molecule has 0 radical (unpaired) electrons. The largest absolute Gasteiger partial charge is 0.375 e. The van der Waals surface area contributed by atoms with Gasteiger partial charge < -0.3 is 11.1 Å². The van der Waals surface area contributed by atoms with Gasteiger partial charge in [0.2, 0.25) is 0 Å². The monoisotopic (exact) mass is 287 g/mol. The van der Waals surface area contributed by atoms with Gasteiger partial charge >= 0.3 is 0 Å². The smallest absolute Gasteiger partial charge is 0.295 e. The van der Waals surface area contributed by atoms with E-state index in [1.54, 1.807) is 0 Å². The average molecular weight is 288 g/mol. The second-order valence-electron chi connectivity index (χ2n) is 4.74. The Hall–Kier alpha value is -1.40. The molecule has 104 valence electrons. The number of hydrogen-bond acceptors (Lipinski definition) is 4. The zero-order valence-corrected chi connectivity index (χ0v) is 11.0. The quantitative estimate of drug-likeness (QED) is 0.661. The van der Waals surface area contributed by atoms with Crippen LogP contribution in [0.25, 0.3) is 0 Å².